The van der Waals surface area contributed by atoms with Crippen molar-refractivity contribution < 1.29 is 14.4 Å². The van der Waals surface area contributed by atoms with Crippen LogP contribution in [0, 0.1) is 15.5 Å². The van der Waals surface area contributed by atoms with Crippen molar-refractivity contribution in [3.63, 3.8) is 0 Å². The number of ether oxygens (including phenoxy) is 2. The van der Waals surface area contributed by atoms with Crippen LogP contribution in [0.4, 0.5) is 5.69 Å². The summed E-state index contributed by atoms with van der Waals surface area (Å²) < 4.78 is 12.7. The minimum absolute atomic E-state index is 0.00540. The molecule has 0 aliphatic carbocycles. The quantitative estimate of drug-likeness (QED) is 0.297. The summed E-state index contributed by atoms with van der Waals surface area (Å²) in [5, 5.41) is 14.5. The zero-order valence-corrected chi connectivity index (χ0v) is 20.8. The number of hydrogen-bond acceptors (Lipinski definition) is 5. The largest absolute Gasteiger partial charge is 0.490 e. The van der Waals surface area contributed by atoms with Gasteiger partial charge in [0.1, 0.15) is 6.61 Å². The highest BCUT2D eigenvalue weighted by Gasteiger charge is 2.25. The second-order valence-electron chi connectivity index (χ2n) is 9.51. The first kappa shape index (κ1) is 25.1. The van der Waals surface area contributed by atoms with Crippen LogP contribution in [0.15, 0.2) is 40.9 Å². The summed E-state index contributed by atoms with van der Waals surface area (Å²) in [5.41, 5.74) is 2.23. The van der Waals surface area contributed by atoms with Gasteiger partial charge in [0.2, 0.25) is 0 Å². The number of nitrogens with one attached hydrogen (secondary N) is 1. The average Bonchev–Trinajstić information content (AvgIpc) is 2.65. The molecule has 0 spiro atoms. The number of nitrogens with zero attached hydrogens (tertiary/aromatic N) is 1. The fraction of sp³-hybridized carbons (Fsp3) is 0.500. The van der Waals surface area contributed by atoms with E-state index >= 15 is 0 Å². The highest BCUT2D eigenvalue weighted by Crippen LogP contribution is 2.35. The Labute approximate surface area is 193 Å². The van der Waals surface area contributed by atoms with Gasteiger partial charge < -0.3 is 14.8 Å². The monoisotopic (exact) mass is 492 g/mol. The van der Waals surface area contributed by atoms with Crippen molar-refractivity contribution in [2.45, 2.75) is 66.7 Å². The summed E-state index contributed by atoms with van der Waals surface area (Å²) in [7, 11) is 0. The molecule has 0 atom stereocenters. The van der Waals surface area contributed by atoms with Gasteiger partial charge in [0, 0.05) is 28.7 Å². The number of halogens is 1. The lowest BCUT2D eigenvalue weighted by Crippen LogP contribution is -2.41. The standard InChI is InChI=1S/C24H33BrN2O4/c1-7-30-21-12-18(14-26-24(5,6)16-23(2,3)4)20(25)13-22(21)31-15-17-8-10-19(11-9-17)27(28)29/h8-13,26H,7,14-16H2,1-6H3. The normalized spacial score (nSPS) is 12.0. The predicted molar refractivity (Wildman–Crippen MR) is 128 cm³/mol. The van der Waals surface area contributed by atoms with E-state index in [4.69, 9.17) is 9.47 Å². The molecule has 2 aromatic rings. The third-order valence-corrected chi connectivity index (χ3v) is 5.42. The third-order valence-electron chi connectivity index (χ3n) is 4.68. The van der Waals surface area contributed by atoms with Crippen molar-refractivity contribution in [2.75, 3.05) is 6.61 Å². The van der Waals surface area contributed by atoms with Crippen molar-refractivity contribution in [3.05, 3.63) is 62.1 Å². The van der Waals surface area contributed by atoms with Gasteiger partial charge >= 0.3 is 0 Å². The number of nitro groups is 1. The maximum Gasteiger partial charge on any atom is 0.269 e. The molecule has 1 N–H and O–H groups in total. The van der Waals surface area contributed by atoms with E-state index in [0.29, 0.717) is 31.3 Å². The number of nitro benzene ring substituents is 1. The molecule has 0 bridgehead atoms. The van der Waals surface area contributed by atoms with Crippen LogP contribution in [-0.2, 0) is 13.2 Å². The van der Waals surface area contributed by atoms with E-state index in [1.54, 1.807) is 12.1 Å². The molecule has 31 heavy (non-hydrogen) atoms. The summed E-state index contributed by atoms with van der Waals surface area (Å²) >= 11 is 3.66. The Morgan fingerprint density at radius 3 is 2.19 bits per heavy atom. The van der Waals surface area contributed by atoms with E-state index in [1.165, 1.54) is 12.1 Å². The summed E-state index contributed by atoms with van der Waals surface area (Å²) in [6, 6.07) is 10.3. The van der Waals surface area contributed by atoms with E-state index < -0.39 is 4.92 Å². The minimum Gasteiger partial charge on any atom is -0.490 e. The molecular weight excluding hydrogens is 460 g/mol. The van der Waals surface area contributed by atoms with Crippen molar-refractivity contribution in [2.24, 2.45) is 5.41 Å². The smallest absolute Gasteiger partial charge is 0.269 e. The Balaban J connectivity index is 2.12. The van der Waals surface area contributed by atoms with Crippen molar-refractivity contribution >= 4 is 21.6 Å². The molecule has 0 unspecified atom stereocenters. The highest BCUT2D eigenvalue weighted by molar-refractivity contribution is 9.10. The molecule has 0 radical (unpaired) electrons. The first-order valence-electron chi connectivity index (χ1n) is 10.5. The maximum atomic E-state index is 10.8. The van der Waals surface area contributed by atoms with Crippen molar-refractivity contribution in [3.8, 4) is 11.5 Å². The van der Waals surface area contributed by atoms with E-state index in [-0.39, 0.29) is 16.6 Å². The number of rotatable bonds is 10. The van der Waals surface area contributed by atoms with Gasteiger partial charge in [-0.15, -0.1) is 0 Å². The van der Waals surface area contributed by atoms with Gasteiger partial charge in [0.15, 0.2) is 11.5 Å². The van der Waals surface area contributed by atoms with E-state index in [9.17, 15) is 10.1 Å². The van der Waals surface area contributed by atoms with Crippen LogP contribution in [0.1, 0.15) is 59.1 Å². The van der Waals surface area contributed by atoms with Gasteiger partial charge in [-0.2, -0.15) is 0 Å². The van der Waals surface area contributed by atoms with Crippen LogP contribution in [0.2, 0.25) is 0 Å². The Kier molecular flexibility index (Phi) is 8.49. The predicted octanol–water partition coefficient (Wildman–Crippen LogP) is 6.64. The SMILES string of the molecule is CCOc1cc(CNC(C)(C)CC(C)(C)C)c(Br)cc1OCc1ccc([N+](=O)[O-])cc1. The lowest BCUT2D eigenvalue weighted by molar-refractivity contribution is -0.384. The minimum atomic E-state index is -0.412. The van der Waals surface area contributed by atoms with Gasteiger partial charge in [-0.05, 0) is 68.0 Å². The molecule has 0 amide bonds. The molecule has 0 aliphatic rings. The molecule has 0 fully saturated rings. The van der Waals surface area contributed by atoms with Gasteiger partial charge in [-0.25, -0.2) is 0 Å². The van der Waals surface area contributed by atoms with Crippen LogP contribution in [0.5, 0.6) is 11.5 Å². The molecule has 2 aromatic carbocycles. The zero-order valence-electron chi connectivity index (χ0n) is 19.3. The molecule has 170 valence electrons. The molecule has 0 aromatic heterocycles. The summed E-state index contributed by atoms with van der Waals surface area (Å²) in [6.45, 7) is 14.6. The van der Waals surface area contributed by atoms with Crippen molar-refractivity contribution in [1.29, 1.82) is 0 Å². The highest BCUT2D eigenvalue weighted by atomic mass is 79.9. The Morgan fingerprint density at radius 1 is 1.03 bits per heavy atom. The van der Waals surface area contributed by atoms with Gasteiger partial charge in [-0.3, -0.25) is 10.1 Å². The molecule has 0 saturated heterocycles. The van der Waals surface area contributed by atoms with Crippen LogP contribution < -0.4 is 14.8 Å². The molecule has 0 aliphatic heterocycles. The fourth-order valence-electron chi connectivity index (χ4n) is 3.69. The fourth-order valence-corrected chi connectivity index (χ4v) is 4.15. The van der Waals surface area contributed by atoms with Crippen LogP contribution in [-0.4, -0.2) is 17.1 Å². The third kappa shape index (κ3) is 8.15. The summed E-state index contributed by atoms with van der Waals surface area (Å²) in [6.07, 6.45) is 1.05. The van der Waals surface area contributed by atoms with Crippen LogP contribution in [0.3, 0.4) is 0 Å². The van der Waals surface area contributed by atoms with E-state index in [0.717, 1.165) is 22.0 Å². The first-order valence-corrected chi connectivity index (χ1v) is 11.3. The lowest BCUT2D eigenvalue weighted by Gasteiger charge is -2.33. The molecule has 6 nitrogen and oxygen atoms in total. The Hall–Kier alpha value is -2.12. The van der Waals surface area contributed by atoms with Crippen molar-refractivity contribution in [1.82, 2.24) is 5.32 Å². The second kappa shape index (κ2) is 10.5. The maximum absolute atomic E-state index is 10.8. The number of benzene rings is 2. The number of non-ortho nitro benzene ring substituents is 1. The Bertz CT molecular complexity index is 890. The first-order chi connectivity index (χ1) is 14.4. The second-order valence-corrected chi connectivity index (χ2v) is 10.4. The van der Waals surface area contributed by atoms with Crippen LogP contribution >= 0.6 is 15.9 Å². The summed E-state index contributed by atoms with van der Waals surface area (Å²) in [5.74, 6) is 1.31. The van der Waals surface area contributed by atoms with E-state index in [2.05, 4.69) is 55.9 Å². The number of hydrogen-bond donors (Lipinski definition) is 1. The average molecular weight is 493 g/mol. The Morgan fingerprint density at radius 2 is 1.65 bits per heavy atom. The van der Waals surface area contributed by atoms with Gasteiger partial charge in [0.25, 0.3) is 5.69 Å². The molecule has 2 rings (SSSR count). The van der Waals surface area contributed by atoms with Gasteiger partial charge in [-0.1, -0.05) is 36.7 Å². The lowest BCUT2D eigenvalue weighted by atomic mass is 9.82. The zero-order chi connectivity index (χ0) is 23.2. The molecular formula is C24H33BrN2O4. The van der Waals surface area contributed by atoms with E-state index in [1.807, 2.05) is 19.1 Å². The van der Waals surface area contributed by atoms with Gasteiger partial charge in [0.05, 0.1) is 11.5 Å². The van der Waals surface area contributed by atoms with Crippen LogP contribution in [0.25, 0.3) is 0 Å². The molecule has 7 heteroatoms. The summed E-state index contributed by atoms with van der Waals surface area (Å²) in [4.78, 5) is 10.4. The molecule has 0 heterocycles. The topological polar surface area (TPSA) is 73.6 Å². The molecule has 0 saturated carbocycles.